The average molecular weight is 336 g/mol. The molecule has 1 aromatic rings. The van der Waals surface area contributed by atoms with E-state index in [1.165, 1.54) is 25.1 Å². The smallest absolute Gasteiger partial charge is 0.326 e. The van der Waals surface area contributed by atoms with E-state index in [1.807, 2.05) is 0 Å². The summed E-state index contributed by atoms with van der Waals surface area (Å²) in [6.45, 7) is 1.27. The fraction of sp³-hybridized carbons (Fsp3) is 0.471. The summed E-state index contributed by atoms with van der Waals surface area (Å²) in [5, 5.41) is 14.2. The van der Waals surface area contributed by atoms with E-state index >= 15 is 0 Å². The van der Waals surface area contributed by atoms with E-state index in [2.05, 4.69) is 10.6 Å². The van der Waals surface area contributed by atoms with Crippen LogP contribution in [0, 0.1) is 11.7 Å². The highest BCUT2D eigenvalue weighted by Gasteiger charge is 2.32. The summed E-state index contributed by atoms with van der Waals surface area (Å²) in [5.41, 5.74) is 0.540. The van der Waals surface area contributed by atoms with Crippen molar-refractivity contribution in [2.24, 2.45) is 5.92 Å². The maximum absolute atomic E-state index is 13.3. The highest BCUT2D eigenvalue weighted by atomic mass is 19.1. The molecule has 24 heavy (non-hydrogen) atoms. The summed E-state index contributed by atoms with van der Waals surface area (Å²) in [4.78, 5) is 35.0. The molecule has 1 saturated carbocycles. The van der Waals surface area contributed by atoms with Gasteiger partial charge in [0.25, 0.3) is 0 Å². The minimum atomic E-state index is -1.09. The van der Waals surface area contributed by atoms with Crippen LogP contribution in [-0.4, -0.2) is 35.0 Å². The molecule has 1 fully saturated rings. The van der Waals surface area contributed by atoms with E-state index in [0.717, 1.165) is 12.8 Å². The fourth-order valence-electron chi connectivity index (χ4n) is 2.53. The first-order valence-corrected chi connectivity index (χ1v) is 7.90. The zero-order valence-corrected chi connectivity index (χ0v) is 13.4. The molecule has 2 amide bonds. The highest BCUT2D eigenvalue weighted by molar-refractivity contribution is 5.90. The van der Waals surface area contributed by atoms with Gasteiger partial charge in [0, 0.05) is 13.3 Å². The Kier molecular flexibility index (Phi) is 5.89. The van der Waals surface area contributed by atoms with Crippen LogP contribution in [0.15, 0.2) is 24.3 Å². The Bertz CT molecular complexity index is 631. The lowest BCUT2D eigenvalue weighted by atomic mass is 10.0. The number of amides is 2. The zero-order valence-electron chi connectivity index (χ0n) is 13.4. The molecule has 0 spiro atoms. The van der Waals surface area contributed by atoms with Gasteiger partial charge in [-0.15, -0.1) is 0 Å². The van der Waals surface area contributed by atoms with Gasteiger partial charge in [-0.3, -0.25) is 9.59 Å². The third-order valence-corrected chi connectivity index (χ3v) is 3.90. The molecule has 1 aliphatic rings. The zero-order chi connectivity index (χ0) is 17.7. The van der Waals surface area contributed by atoms with E-state index in [-0.39, 0.29) is 6.42 Å². The van der Waals surface area contributed by atoms with Gasteiger partial charge < -0.3 is 15.7 Å². The van der Waals surface area contributed by atoms with Crippen LogP contribution in [0.2, 0.25) is 0 Å². The maximum Gasteiger partial charge on any atom is 0.326 e. The van der Waals surface area contributed by atoms with Crippen LogP contribution in [0.25, 0.3) is 0 Å². The number of carbonyl (C=O) groups excluding carboxylic acids is 2. The van der Waals surface area contributed by atoms with E-state index in [4.69, 9.17) is 0 Å². The maximum atomic E-state index is 13.3. The molecule has 0 saturated heterocycles. The monoisotopic (exact) mass is 336 g/mol. The van der Waals surface area contributed by atoms with Crippen LogP contribution < -0.4 is 10.6 Å². The molecule has 2 rings (SSSR count). The van der Waals surface area contributed by atoms with Gasteiger partial charge >= 0.3 is 5.97 Å². The average Bonchev–Trinajstić information content (AvgIpc) is 3.29. The predicted octanol–water partition coefficient (Wildman–Crippen LogP) is 1.24. The molecule has 1 aromatic carbocycles. The predicted molar refractivity (Wildman–Crippen MR) is 84.6 cm³/mol. The van der Waals surface area contributed by atoms with Crippen LogP contribution in [-0.2, 0) is 20.8 Å². The second kappa shape index (κ2) is 7.90. The molecule has 2 atom stereocenters. The van der Waals surface area contributed by atoms with E-state index in [0.29, 0.717) is 17.9 Å². The molecule has 0 unspecified atom stereocenters. The number of carboxylic acid groups (broad SMARTS) is 1. The lowest BCUT2D eigenvalue weighted by Crippen LogP contribution is -2.52. The Morgan fingerprint density at radius 3 is 2.50 bits per heavy atom. The normalized spacial score (nSPS) is 16.1. The first-order valence-electron chi connectivity index (χ1n) is 7.90. The number of halogens is 1. The number of benzene rings is 1. The largest absolute Gasteiger partial charge is 0.480 e. The Hall–Kier alpha value is -2.44. The van der Waals surface area contributed by atoms with Crippen molar-refractivity contribution in [2.75, 3.05) is 0 Å². The van der Waals surface area contributed by atoms with Crippen molar-refractivity contribution >= 4 is 17.8 Å². The van der Waals surface area contributed by atoms with Crippen molar-refractivity contribution < 1.29 is 23.9 Å². The van der Waals surface area contributed by atoms with Crippen molar-refractivity contribution in [1.29, 1.82) is 0 Å². The lowest BCUT2D eigenvalue weighted by molar-refractivity contribution is -0.142. The van der Waals surface area contributed by atoms with Gasteiger partial charge in [-0.2, -0.15) is 0 Å². The molecule has 0 bridgehead atoms. The van der Waals surface area contributed by atoms with Crippen molar-refractivity contribution in [3.63, 3.8) is 0 Å². The van der Waals surface area contributed by atoms with Crippen LogP contribution in [0.5, 0.6) is 0 Å². The standard InChI is InChI=1S/C17H21FN2O4/c1-10(21)19-14(9-12-3-2-4-13(18)7-12)16(22)20-15(17(23)24)8-11-5-6-11/h2-4,7,11,14-15H,5-6,8-9H2,1H3,(H,19,21)(H,20,22)(H,23,24)/t14-,15-/m1/s1. The highest BCUT2D eigenvalue weighted by Crippen LogP contribution is 2.33. The number of hydrogen-bond donors (Lipinski definition) is 3. The van der Waals surface area contributed by atoms with Crippen molar-refractivity contribution in [1.82, 2.24) is 10.6 Å². The molecular weight excluding hydrogens is 315 g/mol. The van der Waals surface area contributed by atoms with Gasteiger partial charge in [0.15, 0.2) is 0 Å². The van der Waals surface area contributed by atoms with Crippen LogP contribution in [0.1, 0.15) is 31.7 Å². The van der Waals surface area contributed by atoms with Gasteiger partial charge in [0.1, 0.15) is 17.9 Å². The quantitative estimate of drug-likeness (QED) is 0.666. The molecule has 6 nitrogen and oxygen atoms in total. The number of hydrogen-bond acceptors (Lipinski definition) is 3. The third-order valence-electron chi connectivity index (χ3n) is 3.90. The summed E-state index contributed by atoms with van der Waals surface area (Å²) >= 11 is 0. The van der Waals surface area contributed by atoms with Gasteiger partial charge in [-0.25, -0.2) is 9.18 Å². The molecule has 3 N–H and O–H groups in total. The SMILES string of the molecule is CC(=O)N[C@H](Cc1cccc(F)c1)C(=O)N[C@H](CC1CC1)C(=O)O. The van der Waals surface area contributed by atoms with Crippen molar-refractivity contribution in [3.05, 3.63) is 35.6 Å². The molecule has 7 heteroatoms. The second-order valence-electron chi connectivity index (χ2n) is 6.17. The van der Waals surface area contributed by atoms with E-state index in [9.17, 15) is 23.9 Å². The second-order valence-corrected chi connectivity index (χ2v) is 6.17. The third kappa shape index (κ3) is 5.64. The van der Waals surface area contributed by atoms with Gasteiger partial charge in [-0.1, -0.05) is 25.0 Å². The molecular formula is C17H21FN2O4. The minimum absolute atomic E-state index is 0.0823. The molecule has 130 valence electrons. The Morgan fingerprint density at radius 2 is 1.96 bits per heavy atom. The van der Waals surface area contributed by atoms with Gasteiger partial charge in [0.05, 0.1) is 0 Å². The lowest BCUT2D eigenvalue weighted by Gasteiger charge is -2.21. The molecule has 0 aliphatic heterocycles. The van der Waals surface area contributed by atoms with Crippen LogP contribution >= 0.6 is 0 Å². The number of nitrogens with one attached hydrogen (secondary N) is 2. The van der Waals surface area contributed by atoms with Gasteiger partial charge in [-0.05, 0) is 30.0 Å². The summed E-state index contributed by atoms with van der Waals surface area (Å²) in [7, 11) is 0. The fourth-order valence-corrected chi connectivity index (χ4v) is 2.53. The molecule has 0 radical (unpaired) electrons. The molecule has 1 aliphatic carbocycles. The Labute approximate surface area is 139 Å². The van der Waals surface area contributed by atoms with E-state index in [1.54, 1.807) is 6.07 Å². The van der Waals surface area contributed by atoms with Crippen molar-refractivity contribution in [3.8, 4) is 0 Å². The topological polar surface area (TPSA) is 95.5 Å². The van der Waals surface area contributed by atoms with Crippen LogP contribution in [0.4, 0.5) is 4.39 Å². The van der Waals surface area contributed by atoms with Gasteiger partial charge in [0.2, 0.25) is 11.8 Å². The Balaban J connectivity index is 2.05. The summed E-state index contributed by atoms with van der Waals surface area (Å²) in [6, 6.07) is 3.79. The van der Waals surface area contributed by atoms with Crippen LogP contribution in [0.3, 0.4) is 0 Å². The van der Waals surface area contributed by atoms with Crippen molar-refractivity contribution in [2.45, 2.75) is 44.7 Å². The number of rotatable bonds is 8. The first-order chi connectivity index (χ1) is 11.3. The first kappa shape index (κ1) is 17.9. The Morgan fingerprint density at radius 1 is 1.25 bits per heavy atom. The number of carbonyl (C=O) groups is 3. The number of carboxylic acids is 1. The minimum Gasteiger partial charge on any atom is -0.480 e. The summed E-state index contributed by atoms with van der Waals surface area (Å²) in [6.07, 6.45) is 2.41. The number of aliphatic carboxylic acids is 1. The molecule has 0 aromatic heterocycles. The molecule has 0 heterocycles. The summed E-state index contributed by atoms with van der Waals surface area (Å²) in [5.74, 6) is -2.20. The summed E-state index contributed by atoms with van der Waals surface area (Å²) < 4.78 is 13.3. The van der Waals surface area contributed by atoms with E-state index < -0.39 is 35.7 Å².